The van der Waals surface area contributed by atoms with Crippen LogP contribution in [0, 0.1) is 0 Å². The summed E-state index contributed by atoms with van der Waals surface area (Å²) in [6, 6.07) is 3.90. The number of hydrogen-bond acceptors (Lipinski definition) is 4. The van der Waals surface area contributed by atoms with E-state index in [1.54, 1.807) is 14.2 Å². The lowest BCUT2D eigenvalue weighted by Crippen LogP contribution is -2.40. The van der Waals surface area contributed by atoms with E-state index >= 15 is 0 Å². The number of thiocarbonyl (C=S) groups is 1. The molecule has 1 aromatic rings. The van der Waals surface area contributed by atoms with E-state index in [2.05, 4.69) is 26.6 Å². The zero-order chi connectivity index (χ0) is 16.7. The van der Waals surface area contributed by atoms with Crippen LogP contribution in [0.4, 0.5) is 0 Å². The van der Waals surface area contributed by atoms with Crippen LogP contribution >= 0.6 is 28.1 Å². The van der Waals surface area contributed by atoms with Crippen LogP contribution < -0.4 is 20.1 Å². The van der Waals surface area contributed by atoms with Crippen molar-refractivity contribution in [2.45, 2.75) is 25.4 Å². The van der Waals surface area contributed by atoms with E-state index in [0.717, 1.165) is 54.7 Å². The van der Waals surface area contributed by atoms with Crippen molar-refractivity contribution in [1.82, 2.24) is 10.6 Å². The number of benzene rings is 1. The summed E-state index contributed by atoms with van der Waals surface area (Å²) in [6.07, 6.45) is 3.35. The van der Waals surface area contributed by atoms with Crippen LogP contribution in [0.2, 0.25) is 0 Å². The number of nitrogens with one attached hydrogen (secondary N) is 2. The summed E-state index contributed by atoms with van der Waals surface area (Å²) in [5, 5.41) is 7.09. The number of hydrogen-bond donors (Lipinski definition) is 2. The van der Waals surface area contributed by atoms with E-state index < -0.39 is 0 Å². The van der Waals surface area contributed by atoms with Gasteiger partial charge in [-0.15, -0.1) is 0 Å². The lowest BCUT2D eigenvalue weighted by Gasteiger charge is -2.15. The van der Waals surface area contributed by atoms with Crippen molar-refractivity contribution in [2.24, 2.45) is 0 Å². The Labute approximate surface area is 151 Å². The highest BCUT2D eigenvalue weighted by atomic mass is 79.9. The molecule has 2 rings (SSSR count). The molecule has 5 nitrogen and oxygen atoms in total. The number of ether oxygens (including phenoxy) is 3. The molecule has 0 spiro atoms. The minimum atomic E-state index is 0.287. The van der Waals surface area contributed by atoms with E-state index in [1.807, 2.05) is 12.1 Å². The van der Waals surface area contributed by atoms with Crippen molar-refractivity contribution in [3.8, 4) is 11.5 Å². The van der Waals surface area contributed by atoms with Crippen molar-refractivity contribution >= 4 is 33.3 Å². The molecule has 1 fully saturated rings. The van der Waals surface area contributed by atoms with Crippen molar-refractivity contribution in [3.05, 3.63) is 22.2 Å². The molecule has 0 amide bonds. The zero-order valence-electron chi connectivity index (χ0n) is 13.5. The third kappa shape index (κ3) is 5.51. The molecular weight excluding hydrogens is 380 g/mol. The van der Waals surface area contributed by atoms with Gasteiger partial charge in [0.1, 0.15) is 0 Å². The first-order valence-electron chi connectivity index (χ1n) is 7.67. The van der Waals surface area contributed by atoms with Gasteiger partial charge in [0.15, 0.2) is 16.6 Å². The Bertz CT molecular complexity index is 536. The van der Waals surface area contributed by atoms with Crippen LogP contribution in [0.3, 0.4) is 0 Å². The third-order valence-electron chi connectivity index (χ3n) is 3.75. The topological polar surface area (TPSA) is 51.8 Å². The standard InChI is InChI=1S/C16H23BrN2O3S/c1-20-14-8-11(13(17)9-15(14)21-2)5-6-18-16(23)19-10-12-4-3-7-22-12/h8-9,12H,3-7,10H2,1-2H3,(H2,18,19,23)/t12-/m0/s1. The summed E-state index contributed by atoms with van der Waals surface area (Å²) < 4.78 is 17.2. The molecular formula is C16H23BrN2O3S. The van der Waals surface area contributed by atoms with Crippen LogP contribution in [0.15, 0.2) is 16.6 Å². The highest BCUT2D eigenvalue weighted by Crippen LogP contribution is 2.33. The average Bonchev–Trinajstić information content (AvgIpc) is 3.07. The molecule has 0 bridgehead atoms. The van der Waals surface area contributed by atoms with Crippen LogP contribution in [-0.4, -0.2) is 45.1 Å². The second-order valence-corrected chi connectivity index (χ2v) is 6.58. The Balaban J connectivity index is 1.77. The maximum atomic E-state index is 5.56. The van der Waals surface area contributed by atoms with Crippen LogP contribution in [0.1, 0.15) is 18.4 Å². The number of halogens is 1. The van der Waals surface area contributed by atoms with Gasteiger partial charge in [-0.25, -0.2) is 0 Å². The lowest BCUT2D eigenvalue weighted by molar-refractivity contribution is 0.114. The Hall–Kier alpha value is -1.05. The molecule has 7 heteroatoms. The Morgan fingerprint density at radius 1 is 1.30 bits per heavy atom. The summed E-state index contributed by atoms with van der Waals surface area (Å²) in [5.74, 6) is 1.44. The Morgan fingerprint density at radius 2 is 2.04 bits per heavy atom. The highest BCUT2D eigenvalue weighted by Gasteiger charge is 2.15. The van der Waals surface area contributed by atoms with Gasteiger partial charge in [0.05, 0.1) is 20.3 Å². The maximum absolute atomic E-state index is 5.56. The van der Waals surface area contributed by atoms with Gasteiger partial charge in [-0.1, -0.05) is 15.9 Å². The molecule has 0 saturated carbocycles. The molecule has 1 aliphatic heterocycles. The highest BCUT2D eigenvalue weighted by molar-refractivity contribution is 9.10. The minimum Gasteiger partial charge on any atom is -0.493 e. The van der Waals surface area contributed by atoms with Crippen molar-refractivity contribution < 1.29 is 14.2 Å². The van der Waals surface area contributed by atoms with Gasteiger partial charge in [0.25, 0.3) is 0 Å². The molecule has 1 aromatic carbocycles. The first-order chi connectivity index (χ1) is 11.1. The molecule has 1 atom stereocenters. The maximum Gasteiger partial charge on any atom is 0.166 e. The predicted molar refractivity (Wildman–Crippen MR) is 98.5 cm³/mol. The molecule has 1 saturated heterocycles. The van der Waals surface area contributed by atoms with Crippen molar-refractivity contribution in [1.29, 1.82) is 0 Å². The van der Waals surface area contributed by atoms with Gasteiger partial charge in [0.2, 0.25) is 0 Å². The van der Waals surface area contributed by atoms with E-state index in [0.29, 0.717) is 10.9 Å². The fraction of sp³-hybridized carbons (Fsp3) is 0.562. The van der Waals surface area contributed by atoms with Crippen LogP contribution in [0.5, 0.6) is 11.5 Å². The Kier molecular flexibility index (Phi) is 7.39. The normalized spacial score (nSPS) is 16.9. The first-order valence-corrected chi connectivity index (χ1v) is 8.88. The van der Waals surface area contributed by atoms with E-state index in [9.17, 15) is 0 Å². The fourth-order valence-electron chi connectivity index (χ4n) is 2.47. The van der Waals surface area contributed by atoms with Crippen LogP contribution in [-0.2, 0) is 11.2 Å². The Morgan fingerprint density at radius 3 is 2.70 bits per heavy atom. The largest absolute Gasteiger partial charge is 0.493 e. The molecule has 0 aliphatic carbocycles. The molecule has 0 aromatic heterocycles. The molecule has 0 radical (unpaired) electrons. The second-order valence-electron chi connectivity index (χ2n) is 5.32. The summed E-state index contributed by atoms with van der Waals surface area (Å²) >= 11 is 8.86. The smallest absolute Gasteiger partial charge is 0.166 e. The lowest BCUT2D eigenvalue weighted by atomic mass is 10.1. The molecule has 1 aliphatic rings. The van der Waals surface area contributed by atoms with Gasteiger partial charge < -0.3 is 24.8 Å². The third-order valence-corrected chi connectivity index (χ3v) is 4.77. The van der Waals surface area contributed by atoms with E-state index in [4.69, 9.17) is 26.4 Å². The minimum absolute atomic E-state index is 0.287. The predicted octanol–water partition coefficient (Wildman–Crippen LogP) is 2.65. The number of rotatable bonds is 7. The molecule has 1 heterocycles. The molecule has 23 heavy (non-hydrogen) atoms. The van der Waals surface area contributed by atoms with Crippen molar-refractivity contribution in [2.75, 3.05) is 33.9 Å². The van der Waals surface area contributed by atoms with Gasteiger partial charge in [-0.2, -0.15) is 0 Å². The quantitative estimate of drug-likeness (QED) is 0.683. The van der Waals surface area contributed by atoms with Gasteiger partial charge >= 0.3 is 0 Å². The second kappa shape index (κ2) is 9.30. The monoisotopic (exact) mass is 402 g/mol. The van der Waals surface area contributed by atoms with Gasteiger partial charge in [0, 0.05) is 24.2 Å². The van der Waals surface area contributed by atoms with E-state index in [-0.39, 0.29) is 6.10 Å². The summed E-state index contributed by atoms with van der Waals surface area (Å²) in [5.41, 5.74) is 1.14. The van der Waals surface area contributed by atoms with Crippen molar-refractivity contribution in [3.63, 3.8) is 0 Å². The SMILES string of the molecule is COc1cc(Br)c(CCNC(=S)NC[C@@H]2CCCO2)cc1OC. The molecule has 2 N–H and O–H groups in total. The average molecular weight is 403 g/mol. The van der Waals surface area contributed by atoms with Gasteiger partial charge in [-0.05, 0) is 49.2 Å². The van der Waals surface area contributed by atoms with Gasteiger partial charge in [-0.3, -0.25) is 0 Å². The first kappa shape index (κ1) is 18.3. The molecule has 0 unspecified atom stereocenters. The summed E-state index contributed by atoms with van der Waals surface area (Å²) in [4.78, 5) is 0. The van der Waals surface area contributed by atoms with E-state index in [1.165, 1.54) is 0 Å². The summed E-state index contributed by atoms with van der Waals surface area (Å²) in [6.45, 7) is 2.37. The number of methoxy groups -OCH3 is 2. The zero-order valence-corrected chi connectivity index (χ0v) is 15.9. The van der Waals surface area contributed by atoms with Crippen LogP contribution in [0.25, 0.3) is 0 Å². The fourth-order valence-corrected chi connectivity index (χ4v) is 3.18. The molecule has 128 valence electrons. The summed E-state index contributed by atoms with van der Waals surface area (Å²) in [7, 11) is 3.27.